The zero-order chi connectivity index (χ0) is 12.3. The quantitative estimate of drug-likeness (QED) is 0.915. The molecule has 17 heavy (non-hydrogen) atoms. The maximum absolute atomic E-state index is 5.97. The first-order chi connectivity index (χ1) is 8.20. The average Bonchev–Trinajstić information content (AvgIpc) is 2.83. The van der Waals surface area contributed by atoms with Crippen LogP contribution < -0.4 is 10.1 Å². The van der Waals surface area contributed by atoms with E-state index in [-0.39, 0.29) is 0 Å². The highest BCUT2D eigenvalue weighted by Gasteiger charge is 2.17. The van der Waals surface area contributed by atoms with Crippen LogP contribution in [-0.2, 0) is 0 Å². The fraction of sp³-hybridized carbons (Fsp3) is 0.571. The summed E-state index contributed by atoms with van der Waals surface area (Å²) in [7, 11) is 0. The SMILES string of the molecule is CC[C@@H](C)c1ccc(O[C@H]2CCNC2)c(Br)c1. The summed E-state index contributed by atoms with van der Waals surface area (Å²) in [5, 5.41) is 3.31. The van der Waals surface area contributed by atoms with Crippen LogP contribution in [0.1, 0.15) is 38.2 Å². The Hall–Kier alpha value is -0.540. The molecule has 0 unspecified atom stereocenters. The van der Waals surface area contributed by atoms with Crippen LogP contribution in [0.3, 0.4) is 0 Å². The van der Waals surface area contributed by atoms with Gasteiger partial charge in [0.05, 0.1) is 4.47 Å². The molecule has 0 radical (unpaired) electrons. The summed E-state index contributed by atoms with van der Waals surface area (Å²) in [5.74, 6) is 1.57. The Morgan fingerprint density at radius 1 is 1.53 bits per heavy atom. The maximum atomic E-state index is 5.97. The lowest BCUT2D eigenvalue weighted by Crippen LogP contribution is -2.19. The van der Waals surface area contributed by atoms with Crippen molar-refractivity contribution in [1.29, 1.82) is 0 Å². The third-order valence-corrected chi connectivity index (χ3v) is 4.07. The minimum atomic E-state index is 0.320. The lowest BCUT2D eigenvalue weighted by Gasteiger charge is -2.16. The van der Waals surface area contributed by atoms with Gasteiger partial charge < -0.3 is 10.1 Å². The third-order valence-electron chi connectivity index (χ3n) is 3.45. The predicted molar refractivity (Wildman–Crippen MR) is 74.8 cm³/mol. The second-order valence-electron chi connectivity index (χ2n) is 4.73. The Morgan fingerprint density at radius 3 is 2.94 bits per heavy atom. The Labute approximate surface area is 112 Å². The van der Waals surface area contributed by atoms with E-state index in [0.29, 0.717) is 12.0 Å². The Bertz CT molecular complexity index is 374. The lowest BCUT2D eigenvalue weighted by atomic mass is 9.99. The highest BCUT2D eigenvalue weighted by Crippen LogP contribution is 2.31. The number of hydrogen-bond donors (Lipinski definition) is 1. The average molecular weight is 298 g/mol. The van der Waals surface area contributed by atoms with Crippen molar-refractivity contribution in [3.8, 4) is 5.75 Å². The van der Waals surface area contributed by atoms with Crippen LogP contribution in [0.2, 0.25) is 0 Å². The van der Waals surface area contributed by atoms with E-state index < -0.39 is 0 Å². The molecule has 0 bridgehead atoms. The molecule has 0 saturated carbocycles. The van der Waals surface area contributed by atoms with Gasteiger partial charge in [0.2, 0.25) is 0 Å². The van der Waals surface area contributed by atoms with Gasteiger partial charge >= 0.3 is 0 Å². The number of rotatable bonds is 4. The lowest BCUT2D eigenvalue weighted by molar-refractivity contribution is 0.221. The van der Waals surface area contributed by atoms with Gasteiger partial charge in [0, 0.05) is 6.54 Å². The molecule has 0 amide bonds. The van der Waals surface area contributed by atoms with Crippen molar-refractivity contribution in [2.75, 3.05) is 13.1 Å². The predicted octanol–water partition coefficient (Wildman–Crippen LogP) is 3.70. The largest absolute Gasteiger partial charge is 0.488 e. The van der Waals surface area contributed by atoms with Crippen molar-refractivity contribution >= 4 is 15.9 Å². The van der Waals surface area contributed by atoms with Crippen LogP contribution in [0.5, 0.6) is 5.75 Å². The van der Waals surface area contributed by atoms with Crippen LogP contribution in [-0.4, -0.2) is 19.2 Å². The second-order valence-corrected chi connectivity index (χ2v) is 5.59. The first kappa shape index (κ1) is 12.9. The molecule has 2 rings (SSSR count). The molecule has 0 aliphatic carbocycles. The summed E-state index contributed by atoms with van der Waals surface area (Å²) in [5.41, 5.74) is 1.37. The molecule has 1 aromatic rings. The molecule has 2 nitrogen and oxygen atoms in total. The van der Waals surface area contributed by atoms with E-state index in [9.17, 15) is 0 Å². The molecule has 1 heterocycles. The van der Waals surface area contributed by atoms with Crippen molar-refractivity contribution in [2.24, 2.45) is 0 Å². The molecular formula is C14H20BrNO. The van der Waals surface area contributed by atoms with Crippen molar-refractivity contribution in [3.05, 3.63) is 28.2 Å². The van der Waals surface area contributed by atoms with E-state index in [0.717, 1.165) is 29.7 Å². The van der Waals surface area contributed by atoms with Gasteiger partial charge in [-0.3, -0.25) is 0 Å². The van der Waals surface area contributed by atoms with E-state index in [1.165, 1.54) is 12.0 Å². The summed E-state index contributed by atoms with van der Waals surface area (Å²) in [4.78, 5) is 0. The molecular weight excluding hydrogens is 278 g/mol. The van der Waals surface area contributed by atoms with E-state index in [4.69, 9.17) is 4.74 Å². The molecule has 1 aliphatic rings. The Balaban J connectivity index is 2.08. The van der Waals surface area contributed by atoms with Gasteiger partial charge in [0.1, 0.15) is 11.9 Å². The monoisotopic (exact) mass is 297 g/mol. The van der Waals surface area contributed by atoms with E-state index in [2.05, 4.69) is 53.3 Å². The topological polar surface area (TPSA) is 21.3 Å². The van der Waals surface area contributed by atoms with Crippen molar-refractivity contribution in [1.82, 2.24) is 5.32 Å². The highest BCUT2D eigenvalue weighted by atomic mass is 79.9. The molecule has 0 spiro atoms. The standard InChI is InChI=1S/C14H20BrNO/c1-3-10(2)11-4-5-14(13(15)8-11)17-12-6-7-16-9-12/h4-5,8,10,12,16H,3,6-7,9H2,1-2H3/t10-,12+/m1/s1. The van der Waals surface area contributed by atoms with Crippen LogP contribution in [0, 0.1) is 0 Å². The fourth-order valence-corrected chi connectivity index (χ4v) is 2.55. The zero-order valence-corrected chi connectivity index (χ0v) is 12.1. The van der Waals surface area contributed by atoms with Gasteiger partial charge in [-0.05, 0) is 58.9 Å². The Kier molecular flexibility index (Phi) is 4.46. The number of nitrogens with one attached hydrogen (secondary N) is 1. The first-order valence-corrected chi connectivity index (χ1v) is 7.16. The molecule has 1 aliphatic heterocycles. The van der Waals surface area contributed by atoms with E-state index in [1.54, 1.807) is 0 Å². The van der Waals surface area contributed by atoms with Crippen molar-refractivity contribution < 1.29 is 4.74 Å². The second kappa shape index (κ2) is 5.87. The summed E-state index contributed by atoms with van der Waals surface area (Å²) < 4.78 is 7.04. The third kappa shape index (κ3) is 3.23. The molecule has 1 aromatic carbocycles. The smallest absolute Gasteiger partial charge is 0.133 e. The van der Waals surface area contributed by atoms with E-state index in [1.807, 2.05) is 0 Å². The summed E-state index contributed by atoms with van der Waals surface area (Å²) in [6, 6.07) is 6.45. The normalized spacial score (nSPS) is 21.5. The molecule has 3 heteroatoms. The molecule has 1 fully saturated rings. The minimum Gasteiger partial charge on any atom is -0.488 e. The van der Waals surface area contributed by atoms with Crippen LogP contribution in [0.4, 0.5) is 0 Å². The molecule has 94 valence electrons. The summed E-state index contributed by atoms with van der Waals surface area (Å²) in [6.07, 6.45) is 2.58. The van der Waals surface area contributed by atoms with Gasteiger partial charge in [-0.25, -0.2) is 0 Å². The van der Waals surface area contributed by atoms with Gasteiger partial charge in [-0.2, -0.15) is 0 Å². The van der Waals surface area contributed by atoms with Gasteiger partial charge in [-0.1, -0.05) is 19.9 Å². The fourth-order valence-electron chi connectivity index (χ4n) is 2.06. The summed E-state index contributed by atoms with van der Waals surface area (Å²) in [6.45, 7) is 6.49. The number of benzene rings is 1. The zero-order valence-electron chi connectivity index (χ0n) is 10.5. The van der Waals surface area contributed by atoms with Crippen molar-refractivity contribution in [2.45, 2.75) is 38.7 Å². The van der Waals surface area contributed by atoms with Gasteiger partial charge in [0.15, 0.2) is 0 Å². The number of halogens is 1. The number of ether oxygens (including phenoxy) is 1. The first-order valence-electron chi connectivity index (χ1n) is 6.37. The van der Waals surface area contributed by atoms with Crippen LogP contribution >= 0.6 is 15.9 Å². The van der Waals surface area contributed by atoms with Gasteiger partial charge in [-0.15, -0.1) is 0 Å². The molecule has 0 aromatic heterocycles. The Morgan fingerprint density at radius 2 is 2.35 bits per heavy atom. The van der Waals surface area contributed by atoms with Gasteiger partial charge in [0.25, 0.3) is 0 Å². The molecule has 1 saturated heterocycles. The highest BCUT2D eigenvalue weighted by molar-refractivity contribution is 9.10. The van der Waals surface area contributed by atoms with Crippen LogP contribution in [0.15, 0.2) is 22.7 Å². The molecule has 1 N–H and O–H groups in total. The summed E-state index contributed by atoms with van der Waals surface area (Å²) >= 11 is 3.61. The van der Waals surface area contributed by atoms with Crippen LogP contribution in [0.25, 0.3) is 0 Å². The number of hydrogen-bond acceptors (Lipinski definition) is 2. The maximum Gasteiger partial charge on any atom is 0.133 e. The minimum absolute atomic E-state index is 0.320. The van der Waals surface area contributed by atoms with E-state index >= 15 is 0 Å². The van der Waals surface area contributed by atoms with Crippen molar-refractivity contribution in [3.63, 3.8) is 0 Å². The molecule has 2 atom stereocenters.